The Balaban J connectivity index is 2.93. The van der Waals surface area contributed by atoms with Crippen LogP contribution in [0.4, 0.5) is 0 Å². The van der Waals surface area contributed by atoms with E-state index in [0.29, 0.717) is 17.2 Å². The van der Waals surface area contributed by atoms with Crippen LogP contribution in [0.2, 0.25) is 0 Å². The fourth-order valence-corrected chi connectivity index (χ4v) is 0.647. The zero-order valence-electron chi connectivity index (χ0n) is 5.75. The van der Waals surface area contributed by atoms with Gasteiger partial charge in [-0.15, -0.1) is 5.10 Å². The molecule has 1 heterocycles. The minimum atomic E-state index is 0.306. The van der Waals surface area contributed by atoms with Crippen LogP contribution in [0.3, 0.4) is 0 Å². The van der Waals surface area contributed by atoms with Crippen molar-refractivity contribution < 1.29 is 4.74 Å². The van der Waals surface area contributed by atoms with Crippen molar-refractivity contribution in [2.45, 2.75) is 6.92 Å². The second-order valence-corrected chi connectivity index (χ2v) is 1.78. The molecule has 1 aliphatic rings. The molecule has 4 nitrogen and oxygen atoms in total. The monoisotopic (exact) mass is 136 g/mol. The summed E-state index contributed by atoms with van der Waals surface area (Å²) in [5.74, 6) is 0.306. The number of hydrogen-bond donors (Lipinski definition) is 0. The third kappa shape index (κ3) is 0.818. The Morgan fingerprint density at radius 3 is 2.70 bits per heavy atom. The van der Waals surface area contributed by atoms with Crippen LogP contribution in [0.5, 0.6) is 0 Å². The first-order valence-corrected chi connectivity index (χ1v) is 2.73. The molecule has 0 aromatic carbocycles. The lowest BCUT2D eigenvalue weighted by Gasteiger charge is -1.92. The van der Waals surface area contributed by atoms with Crippen molar-refractivity contribution in [3.05, 3.63) is 11.3 Å². The van der Waals surface area contributed by atoms with E-state index in [9.17, 15) is 0 Å². The third-order valence-corrected chi connectivity index (χ3v) is 1.17. The molecular formula is C6H6N3O. The van der Waals surface area contributed by atoms with Gasteiger partial charge in [-0.1, -0.05) is 0 Å². The van der Waals surface area contributed by atoms with Crippen molar-refractivity contribution in [2.75, 3.05) is 7.11 Å². The first kappa shape index (κ1) is 6.62. The third-order valence-electron chi connectivity index (χ3n) is 1.17. The molecule has 0 bridgehead atoms. The van der Waals surface area contributed by atoms with Crippen LogP contribution in [-0.4, -0.2) is 13.0 Å². The van der Waals surface area contributed by atoms with Crippen LogP contribution in [0.1, 0.15) is 6.92 Å². The molecule has 1 radical (unpaired) electrons. The van der Waals surface area contributed by atoms with E-state index in [-0.39, 0.29) is 0 Å². The van der Waals surface area contributed by atoms with Gasteiger partial charge in [0, 0.05) is 0 Å². The maximum absolute atomic E-state index is 8.51. The summed E-state index contributed by atoms with van der Waals surface area (Å²) in [6.07, 6.45) is 0. The molecule has 0 saturated carbocycles. The number of nitrogens with zero attached hydrogens (tertiary/aromatic N) is 3. The van der Waals surface area contributed by atoms with Crippen LogP contribution in [0, 0.1) is 11.3 Å². The Kier molecular flexibility index (Phi) is 1.59. The summed E-state index contributed by atoms with van der Waals surface area (Å²) in [6.45, 7) is 1.72. The zero-order chi connectivity index (χ0) is 7.56. The van der Waals surface area contributed by atoms with Gasteiger partial charge in [-0.2, -0.15) is 10.7 Å². The smallest absolute Gasteiger partial charge is 0.253 e. The van der Waals surface area contributed by atoms with E-state index in [0.717, 1.165) is 0 Å². The highest BCUT2D eigenvalue weighted by atomic mass is 16.5. The van der Waals surface area contributed by atoms with Crippen molar-refractivity contribution in [3.63, 3.8) is 0 Å². The summed E-state index contributed by atoms with van der Waals surface area (Å²) in [7, 11) is 1.46. The minimum Gasteiger partial charge on any atom is -0.479 e. The highest BCUT2D eigenvalue weighted by Crippen LogP contribution is 2.10. The highest BCUT2D eigenvalue weighted by molar-refractivity contribution is 5.99. The fraction of sp³-hybridized carbons (Fsp3) is 0.333. The van der Waals surface area contributed by atoms with Crippen LogP contribution < -0.4 is 5.43 Å². The molecular weight excluding hydrogens is 130 g/mol. The predicted molar refractivity (Wildman–Crippen MR) is 34.9 cm³/mol. The van der Waals surface area contributed by atoms with E-state index in [1.165, 1.54) is 7.11 Å². The van der Waals surface area contributed by atoms with Gasteiger partial charge in [0.25, 0.3) is 5.90 Å². The first-order chi connectivity index (χ1) is 4.79. The number of rotatable bonds is 0. The van der Waals surface area contributed by atoms with E-state index in [4.69, 9.17) is 10.00 Å². The Bertz CT molecular complexity index is 246. The topological polar surface area (TPSA) is 59.5 Å². The summed E-state index contributed by atoms with van der Waals surface area (Å²) in [5.41, 5.74) is 4.69. The van der Waals surface area contributed by atoms with Gasteiger partial charge in [-0.05, 0) is 6.92 Å². The van der Waals surface area contributed by atoms with Gasteiger partial charge in [0.15, 0.2) is 0 Å². The molecule has 1 aliphatic heterocycles. The molecule has 0 unspecified atom stereocenters. The van der Waals surface area contributed by atoms with E-state index < -0.39 is 0 Å². The van der Waals surface area contributed by atoms with Crippen LogP contribution in [0.25, 0.3) is 0 Å². The molecule has 1 rings (SSSR count). The predicted octanol–water partition coefficient (Wildman–Crippen LogP) is 0.362. The number of allylic oxidation sites excluding steroid dienone is 1. The van der Waals surface area contributed by atoms with Crippen molar-refractivity contribution in [1.82, 2.24) is 5.43 Å². The lowest BCUT2D eigenvalue weighted by Crippen LogP contribution is -2.00. The molecule has 51 valence electrons. The second-order valence-electron chi connectivity index (χ2n) is 1.78. The number of methoxy groups -OCH3 is 1. The summed E-state index contributed by atoms with van der Waals surface area (Å²) < 4.78 is 4.76. The van der Waals surface area contributed by atoms with Gasteiger partial charge in [0.05, 0.1) is 12.8 Å². The Labute approximate surface area is 58.8 Å². The van der Waals surface area contributed by atoms with Crippen molar-refractivity contribution in [2.24, 2.45) is 5.10 Å². The van der Waals surface area contributed by atoms with Gasteiger partial charge in [-0.3, -0.25) is 0 Å². The summed E-state index contributed by atoms with van der Waals surface area (Å²) >= 11 is 0. The lowest BCUT2D eigenvalue weighted by atomic mass is 10.2. The molecule has 10 heavy (non-hydrogen) atoms. The summed E-state index contributed by atoms with van der Waals surface area (Å²) in [4.78, 5) is 0. The normalized spacial score (nSPS) is 15.9. The number of hydrogen-bond acceptors (Lipinski definition) is 3. The lowest BCUT2D eigenvalue weighted by molar-refractivity contribution is 0.403. The average molecular weight is 136 g/mol. The Morgan fingerprint density at radius 1 is 1.60 bits per heavy atom. The molecule has 0 N–H and O–H groups in total. The van der Waals surface area contributed by atoms with Gasteiger partial charge >= 0.3 is 0 Å². The van der Waals surface area contributed by atoms with E-state index in [2.05, 4.69) is 10.5 Å². The molecule has 0 aromatic rings. The Morgan fingerprint density at radius 2 is 2.30 bits per heavy atom. The van der Waals surface area contributed by atoms with Crippen molar-refractivity contribution >= 4 is 5.90 Å². The van der Waals surface area contributed by atoms with Gasteiger partial charge in [-0.25, -0.2) is 0 Å². The molecule has 0 saturated heterocycles. The summed E-state index contributed by atoms with van der Waals surface area (Å²) in [6, 6.07) is 1.94. The zero-order valence-corrected chi connectivity index (χ0v) is 5.75. The van der Waals surface area contributed by atoms with E-state index in [1.54, 1.807) is 6.92 Å². The Hall–Kier alpha value is -1.50. The van der Waals surface area contributed by atoms with E-state index in [1.807, 2.05) is 6.07 Å². The van der Waals surface area contributed by atoms with Crippen molar-refractivity contribution in [1.29, 1.82) is 5.26 Å². The standard InChI is InChI=1S/C6H6N3O/c1-4-5(3-7)6(10-2)9-8-4/h1-2H3. The SMILES string of the molecule is COC1=N[N]C(C)=C1C#N. The molecule has 0 amide bonds. The van der Waals surface area contributed by atoms with Gasteiger partial charge in [0.2, 0.25) is 0 Å². The second kappa shape index (κ2) is 2.40. The van der Waals surface area contributed by atoms with Crippen molar-refractivity contribution in [3.8, 4) is 6.07 Å². The van der Waals surface area contributed by atoms with Crippen LogP contribution in [0.15, 0.2) is 16.4 Å². The molecule has 0 spiro atoms. The largest absolute Gasteiger partial charge is 0.479 e. The molecule has 0 atom stereocenters. The van der Waals surface area contributed by atoms with Crippen LogP contribution in [-0.2, 0) is 4.74 Å². The fourth-order valence-electron chi connectivity index (χ4n) is 0.647. The maximum atomic E-state index is 8.51. The molecule has 0 aliphatic carbocycles. The first-order valence-electron chi connectivity index (χ1n) is 2.73. The van der Waals surface area contributed by atoms with Crippen LogP contribution >= 0.6 is 0 Å². The summed E-state index contributed by atoms with van der Waals surface area (Å²) in [5, 5.41) is 12.1. The molecule has 4 heteroatoms. The quantitative estimate of drug-likeness (QED) is 0.482. The molecule has 0 aromatic heterocycles. The van der Waals surface area contributed by atoms with Gasteiger partial charge < -0.3 is 4.74 Å². The van der Waals surface area contributed by atoms with E-state index >= 15 is 0 Å². The number of nitriles is 1. The number of ether oxygens (including phenoxy) is 1. The maximum Gasteiger partial charge on any atom is 0.253 e. The minimum absolute atomic E-state index is 0.306. The molecule has 0 fully saturated rings. The van der Waals surface area contributed by atoms with Gasteiger partial charge in [0.1, 0.15) is 11.6 Å². The average Bonchev–Trinajstić information content (AvgIpc) is 2.30. The highest BCUT2D eigenvalue weighted by Gasteiger charge is 2.17.